The first-order valence-corrected chi connectivity index (χ1v) is 3.46. The summed E-state index contributed by atoms with van der Waals surface area (Å²) >= 11 is 0. The second-order valence-electron chi connectivity index (χ2n) is 2.34. The molecule has 0 fully saturated rings. The lowest BCUT2D eigenvalue weighted by atomic mass is 10.1. The number of nitrogens with two attached hydrogens (primary N) is 1. The molecule has 0 saturated carbocycles. The molecule has 2 N–H and O–H groups in total. The molecule has 0 aliphatic heterocycles. The highest BCUT2D eigenvalue weighted by Crippen LogP contribution is 2.05. The van der Waals surface area contributed by atoms with E-state index in [1.54, 1.807) is 0 Å². The maximum Gasteiger partial charge on any atom is 0.0851 e. The molecule has 0 unspecified atom stereocenters. The first kappa shape index (κ1) is 7.72. The van der Waals surface area contributed by atoms with Crippen molar-refractivity contribution in [1.29, 1.82) is 0 Å². The Labute approximate surface area is 65.2 Å². The Hall–Kier alpha value is -1.38. The molecular formula is C8H10N2O. The van der Waals surface area contributed by atoms with Gasteiger partial charge in [-0.1, -0.05) is 17.3 Å². The van der Waals surface area contributed by atoms with Gasteiger partial charge in [0.1, 0.15) is 0 Å². The number of anilines is 1. The van der Waals surface area contributed by atoms with E-state index in [1.165, 1.54) is 0 Å². The zero-order valence-corrected chi connectivity index (χ0v) is 6.16. The van der Waals surface area contributed by atoms with E-state index in [2.05, 4.69) is 5.18 Å². The Kier molecular flexibility index (Phi) is 2.60. The van der Waals surface area contributed by atoms with Crippen LogP contribution in [-0.4, -0.2) is 6.54 Å². The van der Waals surface area contributed by atoms with Crippen molar-refractivity contribution in [2.75, 3.05) is 12.3 Å². The summed E-state index contributed by atoms with van der Waals surface area (Å²) in [5.41, 5.74) is 7.31. The van der Waals surface area contributed by atoms with Gasteiger partial charge in [0, 0.05) is 5.69 Å². The van der Waals surface area contributed by atoms with E-state index >= 15 is 0 Å². The molecule has 58 valence electrons. The van der Waals surface area contributed by atoms with Crippen molar-refractivity contribution in [2.45, 2.75) is 6.42 Å². The highest BCUT2D eigenvalue weighted by molar-refractivity contribution is 5.39. The second-order valence-corrected chi connectivity index (χ2v) is 2.34. The van der Waals surface area contributed by atoms with Crippen molar-refractivity contribution in [3.8, 4) is 0 Å². The lowest BCUT2D eigenvalue weighted by molar-refractivity contribution is 0.961. The summed E-state index contributed by atoms with van der Waals surface area (Å²) in [4.78, 5) is 9.77. The molecule has 0 radical (unpaired) electrons. The van der Waals surface area contributed by atoms with Crippen LogP contribution in [-0.2, 0) is 6.42 Å². The Morgan fingerprint density at radius 1 is 1.27 bits per heavy atom. The van der Waals surface area contributed by atoms with E-state index < -0.39 is 0 Å². The maximum atomic E-state index is 9.77. The van der Waals surface area contributed by atoms with Crippen molar-refractivity contribution in [1.82, 2.24) is 0 Å². The summed E-state index contributed by atoms with van der Waals surface area (Å²) in [7, 11) is 0. The van der Waals surface area contributed by atoms with Crippen LogP contribution in [0.1, 0.15) is 5.56 Å². The summed E-state index contributed by atoms with van der Waals surface area (Å²) < 4.78 is 0. The fraction of sp³-hybridized carbons (Fsp3) is 0.250. The summed E-state index contributed by atoms with van der Waals surface area (Å²) in [5, 5.41) is 2.77. The van der Waals surface area contributed by atoms with Gasteiger partial charge < -0.3 is 5.73 Å². The Balaban J connectivity index is 2.58. The summed E-state index contributed by atoms with van der Waals surface area (Å²) in [5.74, 6) is 0. The lowest BCUT2D eigenvalue weighted by Gasteiger charge is -1.96. The van der Waals surface area contributed by atoms with Crippen LogP contribution in [0.5, 0.6) is 0 Å². The quantitative estimate of drug-likeness (QED) is 0.525. The van der Waals surface area contributed by atoms with Crippen LogP contribution in [0.25, 0.3) is 0 Å². The number of nitroso groups, excluding NO2 is 1. The number of nitrogen functional groups attached to an aromatic ring is 1. The van der Waals surface area contributed by atoms with E-state index in [4.69, 9.17) is 5.73 Å². The summed E-state index contributed by atoms with van der Waals surface area (Å²) in [6, 6.07) is 7.45. The number of nitrogens with zero attached hydrogens (tertiary/aromatic N) is 1. The minimum atomic E-state index is 0.337. The SMILES string of the molecule is Nc1ccc(CCN=O)cc1. The van der Waals surface area contributed by atoms with Gasteiger partial charge in [-0.2, -0.15) is 4.91 Å². The van der Waals surface area contributed by atoms with Gasteiger partial charge in [-0.25, -0.2) is 0 Å². The lowest BCUT2D eigenvalue weighted by Crippen LogP contribution is -1.89. The molecule has 0 aliphatic carbocycles. The largest absolute Gasteiger partial charge is 0.399 e. The predicted molar refractivity (Wildman–Crippen MR) is 45.2 cm³/mol. The zero-order chi connectivity index (χ0) is 8.10. The molecule has 0 aliphatic rings. The fourth-order valence-corrected chi connectivity index (χ4v) is 0.859. The van der Waals surface area contributed by atoms with Gasteiger partial charge in [-0.05, 0) is 24.1 Å². The first-order chi connectivity index (χ1) is 5.33. The third kappa shape index (κ3) is 2.37. The molecule has 3 heteroatoms. The molecule has 0 heterocycles. The van der Waals surface area contributed by atoms with Crippen LogP contribution in [0.4, 0.5) is 5.69 Å². The molecule has 0 atom stereocenters. The number of hydrogen-bond donors (Lipinski definition) is 1. The van der Waals surface area contributed by atoms with Gasteiger partial charge in [0.05, 0.1) is 6.54 Å². The zero-order valence-electron chi connectivity index (χ0n) is 6.16. The normalized spacial score (nSPS) is 9.45. The molecule has 0 saturated heterocycles. The van der Waals surface area contributed by atoms with Gasteiger partial charge in [0.15, 0.2) is 0 Å². The average molecular weight is 150 g/mol. The average Bonchev–Trinajstić information content (AvgIpc) is 2.04. The van der Waals surface area contributed by atoms with E-state index in [0.717, 1.165) is 11.3 Å². The van der Waals surface area contributed by atoms with Crippen molar-refractivity contribution < 1.29 is 0 Å². The van der Waals surface area contributed by atoms with Gasteiger partial charge in [0.2, 0.25) is 0 Å². The number of benzene rings is 1. The topological polar surface area (TPSA) is 55.4 Å². The molecule has 0 aromatic heterocycles. The Morgan fingerprint density at radius 3 is 2.45 bits per heavy atom. The van der Waals surface area contributed by atoms with Crippen molar-refractivity contribution in [3.63, 3.8) is 0 Å². The Bertz CT molecular complexity index is 230. The minimum absolute atomic E-state index is 0.337. The van der Waals surface area contributed by atoms with Crippen molar-refractivity contribution >= 4 is 5.69 Å². The first-order valence-electron chi connectivity index (χ1n) is 3.46. The van der Waals surface area contributed by atoms with E-state index in [-0.39, 0.29) is 0 Å². The molecule has 1 aromatic carbocycles. The van der Waals surface area contributed by atoms with Crippen LogP contribution in [0, 0.1) is 4.91 Å². The second kappa shape index (κ2) is 3.71. The van der Waals surface area contributed by atoms with Gasteiger partial charge in [-0.3, -0.25) is 0 Å². The van der Waals surface area contributed by atoms with E-state index in [9.17, 15) is 4.91 Å². The Morgan fingerprint density at radius 2 is 1.91 bits per heavy atom. The molecular weight excluding hydrogens is 140 g/mol. The maximum absolute atomic E-state index is 9.77. The monoisotopic (exact) mass is 150 g/mol. The highest BCUT2D eigenvalue weighted by atomic mass is 16.3. The molecule has 1 rings (SSSR count). The minimum Gasteiger partial charge on any atom is -0.399 e. The standard InChI is InChI=1S/C8H10N2O/c9-8-3-1-7(2-4-8)5-6-10-11/h1-4H,5-6,9H2. The smallest absolute Gasteiger partial charge is 0.0851 e. The van der Waals surface area contributed by atoms with Gasteiger partial charge in [-0.15, -0.1) is 0 Å². The van der Waals surface area contributed by atoms with Gasteiger partial charge in [0.25, 0.3) is 0 Å². The molecule has 1 aromatic rings. The molecule has 0 spiro atoms. The fourth-order valence-electron chi connectivity index (χ4n) is 0.859. The van der Waals surface area contributed by atoms with E-state index in [1.807, 2.05) is 24.3 Å². The molecule has 3 nitrogen and oxygen atoms in total. The van der Waals surface area contributed by atoms with Crippen molar-refractivity contribution in [2.24, 2.45) is 5.18 Å². The highest BCUT2D eigenvalue weighted by Gasteiger charge is 1.91. The molecule has 11 heavy (non-hydrogen) atoms. The predicted octanol–water partition coefficient (Wildman–Crippen LogP) is 1.58. The summed E-state index contributed by atoms with van der Waals surface area (Å²) in [6.45, 7) is 0.337. The number of rotatable bonds is 3. The van der Waals surface area contributed by atoms with Crippen LogP contribution >= 0.6 is 0 Å². The third-order valence-corrected chi connectivity index (χ3v) is 1.47. The van der Waals surface area contributed by atoms with E-state index in [0.29, 0.717) is 13.0 Å². The molecule has 0 bridgehead atoms. The van der Waals surface area contributed by atoms with Crippen LogP contribution in [0.3, 0.4) is 0 Å². The van der Waals surface area contributed by atoms with Crippen LogP contribution in [0.2, 0.25) is 0 Å². The third-order valence-electron chi connectivity index (χ3n) is 1.47. The van der Waals surface area contributed by atoms with Crippen LogP contribution in [0.15, 0.2) is 29.4 Å². The van der Waals surface area contributed by atoms with Crippen LogP contribution < -0.4 is 5.73 Å². The summed E-state index contributed by atoms with van der Waals surface area (Å²) in [6.07, 6.45) is 0.698. The molecule has 0 amide bonds. The number of hydrogen-bond acceptors (Lipinski definition) is 3. The van der Waals surface area contributed by atoms with Gasteiger partial charge >= 0.3 is 0 Å². The van der Waals surface area contributed by atoms with Crippen molar-refractivity contribution in [3.05, 3.63) is 34.7 Å².